The van der Waals surface area contributed by atoms with Crippen molar-refractivity contribution in [3.8, 4) is 11.4 Å². The van der Waals surface area contributed by atoms with Gasteiger partial charge in [0.05, 0.1) is 12.3 Å². The summed E-state index contributed by atoms with van der Waals surface area (Å²) in [6, 6.07) is 10.0. The highest BCUT2D eigenvalue weighted by Gasteiger charge is 2.35. The number of hydrogen-bond acceptors (Lipinski definition) is 7. The van der Waals surface area contributed by atoms with E-state index in [-0.39, 0.29) is 11.3 Å². The van der Waals surface area contributed by atoms with Gasteiger partial charge in [0, 0.05) is 25.2 Å². The standard InChI is InChI=1S/C20H23N5O3S/c1-2-28-16-5-3-15(4-6-16)20(8-10-27-11-9-20)13-21-19(26)18-17(7-12-29-18)25-14-22-23-24-25/h3-7,12,14H,2,8-11,13H2,1H3,(H,21,26). The van der Waals surface area contributed by atoms with Crippen LogP contribution in [0.5, 0.6) is 5.75 Å². The molecule has 3 heterocycles. The summed E-state index contributed by atoms with van der Waals surface area (Å²) in [7, 11) is 0. The van der Waals surface area contributed by atoms with E-state index in [0.717, 1.165) is 18.6 Å². The third-order valence-electron chi connectivity index (χ3n) is 5.26. The molecule has 1 fully saturated rings. The zero-order valence-corrected chi connectivity index (χ0v) is 17.0. The second kappa shape index (κ2) is 8.71. The smallest absolute Gasteiger partial charge is 0.263 e. The van der Waals surface area contributed by atoms with E-state index in [1.54, 1.807) is 0 Å². The molecule has 9 heteroatoms. The van der Waals surface area contributed by atoms with Crippen LogP contribution in [0, 0.1) is 0 Å². The lowest BCUT2D eigenvalue weighted by atomic mass is 9.74. The van der Waals surface area contributed by atoms with Gasteiger partial charge in [-0.05, 0) is 59.3 Å². The molecule has 1 aromatic carbocycles. The first kappa shape index (κ1) is 19.5. The largest absolute Gasteiger partial charge is 0.494 e. The maximum Gasteiger partial charge on any atom is 0.263 e. The van der Waals surface area contributed by atoms with Gasteiger partial charge in [-0.3, -0.25) is 4.79 Å². The molecule has 1 N–H and O–H groups in total. The van der Waals surface area contributed by atoms with Gasteiger partial charge in [0.2, 0.25) is 0 Å². The van der Waals surface area contributed by atoms with Crippen molar-refractivity contribution < 1.29 is 14.3 Å². The van der Waals surface area contributed by atoms with Crippen molar-refractivity contribution in [2.45, 2.75) is 25.2 Å². The highest BCUT2D eigenvalue weighted by Crippen LogP contribution is 2.35. The Morgan fingerprint density at radius 2 is 2.07 bits per heavy atom. The monoisotopic (exact) mass is 413 g/mol. The van der Waals surface area contributed by atoms with Gasteiger partial charge in [0.15, 0.2) is 0 Å². The van der Waals surface area contributed by atoms with E-state index in [2.05, 4.69) is 33.0 Å². The van der Waals surface area contributed by atoms with Crippen molar-refractivity contribution in [1.82, 2.24) is 25.5 Å². The van der Waals surface area contributed by atoms with Crippen LogP contribution in [0.3, 0.4) is 0 Å². The van der Waals surface area contributed by atoms with Gasteiger partial charge in [0.1, 0.15) is 17.0 Å². The van der Waals surface area contributed by atoms with Crippen LogP contribution in [0.15, 0.2) is 42.0 Å². The van der Waals surface area contributed by atoms with Crippen molar-refractivity contribution in [1.29, 1.82) is 0 Å². The fourth-order valence-corrected chi connectivity index (χ4v) is 4.45. The SMILES string of the molecule is CCOc1ccc(C2(CNC(=O)c3sccc3-n3cnnn3)CCOCC2)cc1. The second-order valence-electron chi connectivity index (χ2n) is 6.92. The van der Waals surface area contributed by atoms with Crippen LogP contribution in [0.25, 0.3) is 5.69 Å². The number of carbonyl (C=O) groups is 1. The number of ether oxygens (including phenoxy) is 2. The van der Waals surface area contributed by atoms with Crippen LogP contribution in [0.4, 0.5) is 0 Å². The molecule has 0 radical (unpaired) electrons. The Morgan fingerprint density at radius 3 is 2.76 bits per heavy atom. The summed E-state index contributed by atoms with van der Waals surface area (Å²) in [4.78, 5) is 13.5. The van der Waals surface area contributed by atoms with Crippen LogP contribution >= 0.6 is 11.3 Å². The molecule has 0 atom stereocenters. The number of nitrogens with one attached hydrogen (secondary N) is 1. The summed E-state index contributed by atoms with van der Waals surface area (Å²) in [5.41, 5.74) is 1.71. The fourth-order valence-electron chi connectivity index (χ4n) is 3.66. The zero-order valence-electron chi connectivity index (χ0n) is 16.2. The Morgan fingerprint density at radius 1 is 1.28 bits per heavy atom. The van der Waals surface area contributed by atoms with Crippen LogP contribution in [0.1, 0.15) is 35.0 Å². The average Bonchev–Trinajstić information content (AvgIpc) is 3.45. The van der Waals surface area contributed by atoms with Crippen LogP contribution in [0.2, 0.25) is 0 Å². The van der Waals surface area contributed by atoms with Crippen LogP contribution in [-0.4, -0.2) is 52.5 Å². The molecule has 0 saturated carbocycles. The first-order chi connectivity index (χ1) is 14.2. The maximum atomic E-state index is 12.9. The van der Waals surface area contributed by atoms with E-state index < -0.39 is 0 Å². The number of aromatic nitrogens is 4. The molecule has 152 valence electrons. The molecule has 1 saturated heterocycles. The van der Waals surface area contributed by atoms with Crippen molar-refractivity contribution in [2.24, 2.45) is 0 Å². The van der Waals surface area contributed by atoms with Gasteiger partial charge in [-0.1, -0.05) is 12.1 Å². The van der Waals surface area contributed by atoms with Crippen LogP contribution < -0.4 is 10.1 Å². The molecule has 1 aliphatic heterocycles. The molecule has 8 nitrogen and oxygen atoms in total. The lowest BCUT2D eigenvalue weighted by Crippen LogP contribution is -2.44. The molecular formula is C20H23N5O3S. The van der Waals surface area contributed by atoms with Crippen molar-refractivity contribution >= 4 is 17.2 Å². The van der Waals surface area contributed by atoms with E-state index in [0.29, 0.717) is 36.9 Å². The molecule has 0 spiro atoms. The minimum absolute atomic E-state index is 0.123. The number of benzene rings is 1. The topological polar surface area (TPSA) is 91.2 Å². The highest BCUT2D eigenvalue weighted by molar-refractivity contribution is 7.12. The van der Waals surface area contributed by atoms with Crippen molar-refractivity contribution in [2.75, 3.05) is 26.4 Å². The Bertz CT molecular complexity index is 933. The molecule has 0 aliphatic carbocycles. The Balaban J connectivity index is 1.52. The quantitative estimate of drug-likeness (QED) is 0.640. The number of carbonyl (C=O) groups excluding carboxylic acids is 1. The lowest BCUT2D eigenvalue weighted by Gasteiger charge is -2.38. The molecule has 29 heavy (non-hydrogen) atoms. The molecule has 0 bridgehead atoms. The molecule has 3 aromatic rings. The summed E-state index contributed by atoms with van der Waals surface area (Å²) in [6.07, 6.45) is 3.19. The van der Waals surface area contributed by atoms with Crippen LogP contribution in [-0.2, 0) is 10.2 Å². The summed E-state index contributed by atoms with van der Waals surface area (Å²) in [5.74, 6) is 0.731. The van der Waals surface area contributed by atoms with Gasteiger partial charge in [-0.2, -0.15) is 4.68 Å². The second-order valence-corrected chi connectivity index (χ2v) is 7.84. The van der Waals surface area contributed by atoms with Gasteiger partial charge >= 0.3 is 0 Å². The maximum absolute atomic E-state index is 12.9. The summed E-state index contributed by atoms with van der Waals surface area (Å²) >= 11 is 1.37. The minimum Gasteiger partial charge on any atom is -0.494 e. The Kier molecular flexibility index (Phi) is 5.86. The van der Waals surface area contributed by atoms with Crippen molar-refractivity contribution in [3.63, 3.8) is 0 Å². The number of hydrogen-bond donors (Lipinski definition) is 1. The van der Waals surface area contributed by atoms with Crippen molar-refractivity contribution in [3.05, 3.63) is 52.5 Å². The molecule has 1 amide bonds. The predicted molar refractivity (Wildman–Crippen MR) is 109 cm³/mol. The Hall–Kier alpha value is -2.78. The zero-order chi connectivity index (χ0) is 20.1. The van der Waals surface area contributed by atoms with E-state index in [9.17, 15) is 4.79 Å². The number of thiophene rings is 1. The third kappa shape index (κ3) is 4.15. The van der Waals surface area contributed by atoms with E-state index in [4.69, 9.17) is 9.47 Å². The predicted octanol–water partition coefficient (Wildman–Crippen LogP) is 2.60. The number of amides is 1. The van der Waals surface area contributed by atoms with Gasteiger partial charge in [-0.15, -0.1) is 16.4 Å². The van der Waals surface area contributed by atoms with E-state index in [1.165, 1.54) is 27.9 Å². The summed E-state index contributed by atoms with van der Waals surface area (Å²) in [5, 5.41) is 16.2. The summed E-state index contributed by atoms with van der Waals surface area (Å²) in [6.45, 7) is 4.50. The number of rotatable bonds is 7. The molecule has 1 aliphatic rings. The fraction of sp³-hybridized carbons (Fsp3) is 0.400. The van der Waals surface area contributed by atoms with E-state index in [1.807, 2.05) is 30.5 Å². The molecule has 4 rings (SSSR count). The summed E-state index contributed by atoms with van der Waals surface area (Å²) < 4.78 is 12.7. The normalized spacial score (nSPS) is 15.8. The van der Waals surface area contributed by atoms with Gasteiger partial charge in [-0.25, -0.2) is 0 Å². The van der Waals surface area contributed by atoms with E-state index >= 15 is 0 Å². The number of tetrazole rings is 1. The van der Waals surface area contributed by atoms with Gasteiger partial charge < -0.3 is 14.8 Å². The Labute approximate surface area is 172 Å². The van der Waals surface area contributed by atoms with Gasteiger partial charge in [0.25, 0.3) is 5.91 Å². The molecule has 0 unspecified atom stereocenters. The first-order valence-electron chi connectivity index (χ1n) is 9.62. The highest BCUT2D eigenvalue weighted by atomic mass is 32.1. The lowest BCUT2D eigenvalue weighted by molar-refractivity contribution is 0.0487. The first-order valence-corrected chi connectivity index (χ1v) is 10.5. The third-order valence-corrected chi connectivity index (χ3v) is 6.16. The minimum atomic E-state index is -0.162. The number of nitrogens with zero attached hydrogens (tertiary/aromatic N) is 4. The molecular weight excluding hydrogens is 390 g/mol. The molecule has 2 aromatic heterocycles. The average molecular weight is 414 g/mol.